The van der Waals surface area contributed by atoms with Crippen molar-refractivity contribution in [2.24, 2.45) is 11.3 Å². The van der Waals surface area contributed by atoms with Gasteiger partial charge in [0.15, 0.2) is 9.84 Å². The Bertz CT molecular complexity index is 620. The quantitative estimate of drug-likeness (QED) is 0.749. The number of sulfone groups is 1. The van der Waals surface area contributed by atoms with Gasteiger partial charge in [-0.1, -0.05) is 0 Å². The normalized spacial score (nSPS) is 34.7. The minimum absolute atomic E-state index is 0.0725. The minimum atomic E-state index is -3.21. The van der Waals surface area contributed by atoms with E-state index in [1.54, 1.807) is 0 Å². The lowest BCUT2D eigenvalue weighted by molar-refractivity contribution is 0.213. The van der Waals surface area contributed by atoms with Gasteiger partial charge in [-0.15, -0.1) is 0 Å². The van der Waals surface area contributed by atoms with Gasteiger partial charge < -0.3 is 0 Å². The molecule has 0 spiro atoms. The standard InChI is InChI=1S/C12H20N2O4S2/c1-19(15,16)14-5-2-3-11(8-14)7-12(9-13)4-6-20(17,18)10-12/h11H,2-8,10H2,1H3. The molecule has 2 saturated heterocycles. The molecule has 0 aromatic carbocycles. The maximum absolute atomic E-state index is 11.6. The molecule has 0 aromatic rings. The summed E-state index contributed by atoms with van der Waals surface area (Å²) in [7, 11) is -6.32. The van der Waals surface area contributed by atoms with E-state index < -0.39 is 25.3 Å². The molecule has 2 fully saturated rings. The molecule has 2 unspecified atom stereocenters. The maximum atomic E-state index is 11.6. The Morgan fingerprint density at radius 3 is 2.65 bits per heavy atom. The second-order valence-corrected chi connectivity index (χ2v) is 10.2. The number of hydrogen-bond acceptors (Lipinski definition) is 5. The van der Waals surface area contributed by atoms with Crippen molar-refractivity contribution >= 4 is 19.9 Å². The first-order chi connectivity index (χ1) is 9.16. The zero-order valence-electron chi connectivity index (χ0n) is 11.6. The van der Waals surface area contributed by atoms with Crippen molar-refractivity contribution in [1.29, 1.82) is 5.26 Å². The predicted octanol–water partition coefficient (Wildman–Crippen LogP) is 0.377. The van der Waals surface area contributed by atoms with Gasteiger partial charge in [-0.05, 0) is 31.6 Å². The molecule has 2 aliphatic rings. The van der Waals surface area contributed by atoms with Crippen LogP contribution in [0.1, 0.15) is 25.7 Å². The highest BCUT2D eigenvalue weighted by molar-refractivity contribution is 7.91. The maximum Gasteiger partial charge on any atom is 0.211 e. The van der Waals surface area contributed by atoms with Crippen molar-refractivity contribution < 1.29 is 16.8 Å². The van der Waals surface area contributed by atoms with Crippen molar-refractivity contribution in [3.05, 3.63) is 0 Å². The van der Waals surface area contributed by atoms with Crippen molar-refractivity contribution in [2.75, 3.05) is 30.9 Å². The molecule has 6 nitrogen and oxygen atoms in total. The van der Waals surface area contributed by atoms with Gasteiger partial charge in [-0.2, -0.15) is 5.26 Å². The van der Waals surface area contributed by atoms with E-state index in [1.807, 2.05) is 0 Å². The summed E-state index contributed by atoms with van der Waals surface area (Å²) in [6.07, 6.45) is 3.67. The zero-order valence-corrected chi connectivity index (χ0v) is 13.2. The van der Waals surface area contributed by atoms with E-state index in [0.717, 1.165) is 12.8 Å². The van der Waals surface area contributed by atoms with Crippen molar-refractivity contribution in [3.63, 3.8) is 0 Å². The molecule has 2 aliphatic heterocycles. The van der Waals surface area contributed by atoms with Gasteiger partial charge >= 0.3 is 0 Å². The molecule has 0 bridgehead atoms. The Hall–Kier alpha value is -0.650. The SMILES string of the molecule is CS(=O)(=O)N1CCCC(CC2(C#N)CCS(=O)(=O)C2)C1. The van der Waals surface area contributed by atoms with Crippen LogP contribution in [0.15, 0.2) is 0 Å². The second kappa shape index (κ2) is 5.28. The zero-order chi connectivity index (χ0) is 15.0. The van der Waals surface area contributed by atoms with Crippen LogP contribution in [0.2, 0.25) is 0 Å². The highest BCUT2D eigenvalue weighted by Gasteiger charge is 2.44. The Balaban J connectivity index is 2.08. The first-order valence-electron chi connectivity index (χ1n) is 6.73. The smallest absolute Gasteiger partial charge is 0.211 e. The van der Waals surface area contributed by atoms with Crippen molar-refractivity contribution in [2.45, 2.75) is 25.7 Å². The van der Waals surface area contributed by atoms with Gasteiger partial charge in [0, 0.05) is 13.1 Å². The lowest BCUT2D eigenvalue weighted by atomic mass is 9.78. The van der Waals surface area contributed by atoms with E-state index in [1.165, 1.54) is 10.6 Å². The van der Waals surface area contributed by atoms with Crippen LogP contribution < -0.4 is 0 Å². The highest BCUT2D eigenvalue weighted by Crippen LogP contribution is 2.39. The number of sulfonamides is 1. The highest BCUT2D eigenvalue weighted by atomic mass is 32.2. The second-order valence-electron chi connectivity index (χ2n) is 6.07. The number of nitrogens with zero attached hydrogens (tertiary/aromatic N) is 2. The molecule has 0 amide bonds. The average Bonchev–Trinajstić information content (AvgIpc) is 2.65. The largest absolute Gasteiger partial charge is 0.229 e. The number of nitriles is 1. The minimum Gasteiger partial charge on any atom is -0.229 e. The van der Waals surface area contributed by atoms with Gasteiger partial charge in [-0.3, -0.25) is 0 Å². The van der Waals surface area contributed by atoms with Gasteiger partial charge in [0.25, 0.3) is 0 Å². The number of rotatable bonds is 3. The van der Waals surface area contributed by atoms with Crippen molar-refractivity contribution in [1.82, 2.24) is 4.31 Å². The van der Waals surface area contributed by atoms with Gasteiger partial charge in [0.2, 0.25) is 10.0 Å². The fourth-order valence-corrected chi connectivity index (χ4v) is 6.22. The Kier molecular flexibility index (Phi) is 4.15. The molecular formula is C12H20N2O4S2. The van der Waals surface area contributed by atoms with Crippen LogP contribution in [0.3, 0.4) is 0 Å². The lowest BCUT2D eigenvalue weighted by Crippen LogP contribution is -2.41. The summed E-state index contributed by atoms with van der Waals surface area (Å²) in [4.78, 5) is 0. The van der Waals surface area contributed by atoms with Crippen molar-refractivity contribution in [3.8, 4) is 6.07 Å². The third-order valence-corrected chi connectivity index (χ3v) is 7.34. The van der Waals surface area contributed by atoms with Gasteiger partial charge in [0.1, 0.15) is 0 Å². The summed E-state index contributed by atoms with van der Waals surface area (Å²) in [6.45, 7) is 0.926. The average molecular weight is 320 g/mol. The van der Waals surface area contributed by atoms with E-state index >= 15 is 0 Å². The van der Waals surface area contributed by atoms with Crippen LogP contribution in [0.5, 0.6) is 0 Å². The van der Waals surface area contributed by atoms with Crippen LogP contribution in [0.4, 0.5) is 0 Å². The monoisotopic (exact) mass is 320 g/mol. The molecule has 0 aliphatic carbocycles. The van der Waals surface area contributed by atoms with E-state index in [2.05, 4.69) is 6.07 Å². The summed E-state index contributed by atoms with van der Waals surface area (Å²) in [5.74, 6) is 0.0704. The summed E-state index contributed by atoms with van der Waals surface area (Å²) in [6, 6.07) is 2.19. The van der Waals surface area contributed by atoms with Crippen LogP contribution in [-0.2, 0) is 19.9 Å². The third kappa shape index (κ3) is 3.51. The molecule has 0 aromatic heterocycles. The fourth-order valence-electron chi connectivity index (χ4n) is 3.26. The molecule has 0 radical (unpaired) electrons. The fraction of sp³-hybridized carbons (Fsp3) is 0.917. The molecule has 114 valence electrons. The van der Waals surface area contributed by atoms with Gasteiger partial charge in [0.05, 0.1) is 29.2 Å². The summed E-state index contributed by atoms with van der Waals surface area (Å²) < 4.78 is 47.8. The number of piperidine rings is 1. The Morgan fingerprint density at radius 1 is 1.45 bits per heavy atom. The lowest BCUT2D eigenvalue weighted by Gasteiger charge is -2.34. The van der Waals surface area contributed by atoms with Crippen LogP contribution in [0.25, 0.3) is 0 Å². The molecule has 2 heterocycles. The molecule has 2 atom stereocenters. The number of hydrogen-bond donors (Lipinski definition) is 0. The molecule has 8 heteroatoms. The molecular weight excluding hydrogens is 300 g/mol. The summed E-state index contributed by atoms with van der Waals surface area (Å²) >= 11 is 0. The topological polar surface area (TPSA) is 95.3 Å². The third-order valence-electron chi connectivity index (χ3n) is 4.26. The summed E-state index contributed by atoms with van der Waals surface area (Å²) in [5, 5.41) is 9.36. The van der Waals surface area contributed by atoms with Gasteiger partial charge in [-0.25, -0.2) is 21.1 Å². The molecule has 0 N–H and O–H groups in total. The Morgan fingerprint density at radius 2 is 2.15 bits per heavy atom. The Labute approximate surface area is 120 Å². The van der Waals surface area contributed by atoms with Crippen LogP contribution in [-0.4, -0.2) is 52.0 Å². The van der Waals surface area contributed by atoms with E-state index in [4.69, 9.17) is 0 Å². The summed E-state index contributed by atoms with van der Waals surface area (Å²) in [5.41, 5.74) is -0.815. The van der Waals surface area contributed by atoms with Crippen LogP contribution >= 0.6 is 0 Å². The van der Waals surface area contributed by atoms with Crippen LogP contribution in [0, 0.1) is 22.7 Å². The van der Waals surface area contributed by atoms with E-state index in [0.29, 0.717) is 25.9 Å². The van der Waals surface area contributed by atoms with E-state index in [9.17, 15) is 22.1 Å². The molecule has 20 heavy (non-hydrogen) atoms. The molecule has 0 saturated carbocycles. The van der Waals surface area contributed by atoms with E-state index in [-0.39, 0.29) is 17.4 Å². The first-order valence-corrected chi connectivity index (χ1v) is 10.4. The molecule has 2 rings (SSSR count). The predicted molar refractivity (Wildman–Crippen MR) is 75.1 cm³/mol. The first kappa shape index (κ1) is 15.7.